The maximum Gasteiger partial charge on any atom is 0.195 e. The number of aromatic amines is 1. The van der Waals surface area contributed by atoms with Gasteiger partial charge in [-0.1, -0.05) is 60.7 Å². The second-order valence-corrected chi connectivity index (χ2v) is 6.88. The van der Waals surface area contributed by atoms with E-state index in [-0.39, 0.29) is 5.78 Å². The third-order valence-electron chi connectivity index (χ3n) is 4.86. The minimum absolute atomic E-state index is 0.0986. The number of hydrogen-bond donors (Lipinski definition) is 2. The van der Waals surface area contributed by atoms with Crippen LogP contribution in [0.5, 0.6) is 11.5 Å². The molecule has 3 aromatic carbocycles. The van der Waals surface area contributed by atoms with Crippen LogP contribution in [0.4, 0.5) is 11.5 Å². The molecule has 5 rings (SSSR count). The molecule has 6 heteroatoms. The summed E-state index contributed by atoms with van der Waals surface area (Å²) in [6, 6.07) is 26.3. The van der Waals surface area contributed by atoms with Crippen LogP contribution in [0.3, 0.4) is 0 Å². The van der Waals surface area contributed by atoms with Gasteiger partial charge in [0.05, 0.1) is 16.6 Å². The summed E-state index contributed by atoms with van der Waals surface area (Å²) in [4.78, 5) is 24.9. The first kappa shape index (κ1) is 18.6. The van der Waals surface area contributed by atoms with Crippen LogP contribution in [0.2, 0.25) is 0 Å². The van der Waals surface area contributed by atoms with Crippen molar-refractivity contribution in [2.75, 3.05) is 5.32 Å². The molecular weight excluding hydrogens is 388 g/mol. The molecule has 0 saturated heterocycles. The van der Waals surface area contributed by atoms with Crippen molar-refractivity contribution in [1.82, 2.24) is 15.0 Å². The van der Waals surface area contributed by atoms with E-state index in [0.717, 1.165) is 11.4 Å². The van der Waals surface area contributed by atoms with Crippen molar-refractivity contribution in [3.8, 4) is 11.5 Å². The number of hydrogen-bond acceptors (Lipinski definition) is 5. The molecule has 0 saturated carbocycles. The third kappa shape index (κ3) is 3.74. The van der Waals surface area contributed by atoms with E-state index in [1.807, 2.05) is 72.8 Å². The minimum atomic E-state index is -0.0986. The molecule has 2 heterocycles. The van der Waals surface area contributed by atoms with E-state index in [0.29, 0.717) is 33.7 Å². The average molecular weight is 406 g/mol. The van der Waals surface area contributed by atoms with E-state index in [4.69, 9.17) is 4.74 Å². The van der Waals surface area contributed by atoms with Gasteiger partial charge in [0.2, 0.25) is 0 Å². The summed E-state index contributed by atoms with van der Waals surface area (Å²) in [5.41, 5.74) is 2.42. The SMILES string of the molecule is O=C(c1ccccc1)c1c[nH]c2ncnc(Nc3ccccc3Oc3ccccc3)c12. The number of carbonyl (C=O) groups is 1. The lowest BCUT2D eigenvalue weighted by Crippen LogP contribution is -2.03. The van der Waals surface area contributed by atoms with Gasteiger partial charge in [0, 0.05) is 11.8 Å². The van der Waals surface area contributed by atoms with Crippen LogP contribution in [0.1, 0.15) is 15.9 Å². The van der Waals surface area contributed by atoms with Crippen LogP contribution in [0, 0.1) is 0 Å². The Bertz CT molecular complexity index is 1350. The molecule has 0 aliphatic carbocycles. The van der Waals surface area contributed by atoms with Crippen molar-refractivity contribution in [1.29, 1.82) is 0 Å². The van der Waals surface area contributed by atoms with Gasteiger partial charge in [-0.3, -0.25) is 4.79 Å². The first-order chi connectivity index (χ1) is 15.3. The standard InChI is InChI=1S/C25H18N4O2/c30-23(17-9-3-1-4-10-17)19-15-26-24-22(19)25(28-16-27-24)29-20-13-7-8-14-21(20)31-18-11-5-2-6-12-18/h1-16H,(H2,26,27,28,29). The lowest BCUT2D eigenvalue weighted by molar-refractivity contribution is 0.104. The van der Waals surface area contributed by atoms with Crippen molar-refractivity contribution in [2.45, 2.75) is 0 Å². The number of ketones is 1. The largest absolute Gasteiger partial charge is 0.455 e. The molecule has 2 aromatic heterocycles. The van der Waals surface area contributed by atoms with Gasteiger partial charge >= 0.3 is 0 Å². The Hall–Kier alpha value is -4.45. The summed E-state index contributed by atoms with van der Waals surface area (Å²) in [6.45, 7) is 0. The molecule has 31 heavy (non-hydrogen) atoms. The number of para-hydroxylation sites is 3. The maximum absolute atomic E-state index is 13.1. The van der Waals surface area contributed by atoms with Gasteiger partial charge in [0.25, 0.3) is 0 Å². The number of rotatable bonds is 6. The van der Waals surface area contributed by atoms with Crippen molar-refractivity contribution in [3.05, 3.63) is 109 Å². The highest BCUT2D eigenvalue weighted by molar-refractivity contribution is 6.18. The molecule has 0 radical (unpaired) electrons. The van der Waals surface area contributed by atoms with Crippen molar-refractivity contribution < 1.29 is 9.53 Å². The Balaban J connectivity index is 1.54. The predicted molar refractivity (Wildman–Crippen MR) is 120 cm³/mol. The topological polar surface area (TPSA) is 79.9 Å². The van der Waals surface area contributed by atoms with Crippen LogP contribution < -0.4 is 10.1 Å². The molecule has 0 amide bonds. The van der Waals surface area contributed by atoms with Gasteiger partial charge in [0.1, 0.15) is 23.5 Å². The summed E-state index contributed by atoms with van der Waals surface area (Å²) in [6.07, 6.45) is 3.13. The highest BCUT2D eigenvalue weighted by Crippen LogP contribution is 2.34. The van der Waals surface area contributed by atoms with E-state index in [1.165, 1.54) is 6.33 Å². The van der Waals surface area contributed by atoms with Gasteiger partial charge in [-0.05, 0) is 24.3 Å². The smallest absolute Gasteiger partial charge is 0.195 e. The van der Waals surface area contributed by atoms with Crippen molar-refractivity contribution >= 4 is 28.3 Å². The predicted octanol–water partition coefficient (Wildman–Crippen LogP) is 5.72. The summed E-state index contributed by atoms with van der Waals surface area (Å²) in [5, 5.41) is 3.95. The van der Waals surface area contributed by atoms with Gasteiger partial charge in [0.15, 0.2) is 11.5 Å². The van der Waals surface area contributed by atoms with Crippen molar-refractivity contribution in [3.63, 3.8) is 0 Å². The van der Waals surface area contributed by atoms with Crippen LogP contribution >= 0.6 is 0 Å². The van der Waals surface area contributed by atoms with E-state index < -0.39 is 0 Å². The number of H-pyrrole nitrogens is 1. The Morgan fingerprint density at radius 1 is 0.839 bits per heavy atom. The van der Waals surface area contributed by atoms with Gasteiger partial charge in [-0.15, -0.1) is 0 Å². The summed E-state index contributed by atoms with van der Waals surface area (Å²) in [7, 11) is 0. The Morgan fingerprint density at radius 3 is 2.35 bits per heavy atom. The average Bonchev–Trinajstić information content (AvgIpc) is 3.26. The Labute approximate surface area is 178 Å². The highest BCUT2D eigenvalue weighted by atomic mass is 16.5. The zero-order valence-corrected chi connectivity index (χ0v) is 16.4. The van der Waals surface area contributed by atoms with E-state index in [2.05, 4.69) is 20.3 Å². The fourth-order valence-electron chi connectivity index (χ4n) is 3.38. The van der Waals surface area contributed by atoms with Gasteiger partial charge in [-0.2, -0.15) is 0 Å². The van der Waals surface area contributed by atoms with E-state index in [9.17, 15) is 4.79 Å². The number of nitrogens with zero attached hydrogens (tertiary/aromatic N) is 2. The zero-order valence-electron chi connectivity index (χ0n) is 16.4. The normalized spacial score (nSPS) is 10.7. The molecule has 0 unspecified atom stereocenters. The zero-order chi connectivity index (χ0) is 21.0. The Morgan fingerprint density at radius 2 is 1.55 bits per heavy atom. The number of benzene rings is 3. The molecule has 0 fully saturated rings. The molecule has 0 bridgehead atoms. The first-order valence-corrected chi connectivity index (χ1v) is 9.80. The molecule has 2 N–H and O–H groups in total. The molecule has 0 atom stereocenters. The lowest BCUT2D eigenvalue weighted by atomic mass is 10.0. The fourth-order valence-corrected chi connectivity index (χ4v) is 3.38. The number of aromatic nitrogens is 3. The number of ether oxygens (including phenoxy) is 1. The fraction of sp³-hybridized carbons (Fsp3) is 0. The molecular formula is C25H18N4O2. The van der Waals surface area contributed by atoms with Gasteiger partial charge < -0.3 is 15.0 Å². The van der Waals surface area contributed by atoms with Crippen LogP contribution in [0.15, 0.2) is 97.5 Å². The third-order valence-corrected chi connectivity index (χ3v) is 4.86. The number of carbonyl (C=O) groups excluding carboxylic acids is 1. The quantitative estimate of drug-likeness (QED) is 0.352. The monoisotopic (exact) mass is 406 g/mol. The summed E-state index contributed by atoms with van der Waals surface area (Å²) >= 11 is 0. The Kier molecular flexibility index (Phi) is 4.86. The molecule has 0 spiro atoms. The van der Waals surface area contributed by atoms with Crippen LogP contribution in [-0.4, -0.2) is 20.7 Å². The molecule has 0 aliphatic rings. The minimum Gasteiger partial charge on any atom is -0.455 e. The molecule has 6 nitrogen and oxygen atoms in total. The van der Waals surface area contributed by atoms with Crippen molar-refractivity contribution in [2.24, 2.45) is 0 Å². The second-order valence-electron chi connectivity index (χ2n) is 6.88. The number of nitrogens with one attached hydrogen (secondary N) is 2. The first-order valence-electron chi connectivity index (χ1n) is 9.80. The van der Waals surface area contributed by atoms with Crippen LogP contribution in [0.25, 0.3) is 11.0 Å². The summed E-state index contributed by atoms with van der Waals surface area (Å²) in [5.74, 6) is 1.80. The highest BCUT2D eigenvalue weighted by Gasteiger charge is 2.19. The maximum atomic E-state index is 13.1. The lowest BCUT2D eigenvalue weighted by Gasteiger charge is -2.13. The molecule has 0 aliphatic heterocycles. The molecule has 5 aromatic rings. The second kappa shape index (κ2) is 8.12. The van der Waals surface area contributed by atoms with E-state index >= 15 is 0 Å². The van der Waals surface area contributed by atoms with Crippen LogP contribution in [-0.2, 0) is 0 Å². The number of anilines is 2. The molecule has 150 valence electrons. The summed E-state index contributed by atoms with van der Waals surface area (Å²) < 4.78 is 6.04. The van der Waals surface area contributed by atoms with Gasteiger partial charge in [-0.25, -0.2) is 9.97 Å². The van der Waals surface area contributed by atoms with E-state index in [1.54, 1.807) is 18.3 Å². The number of fused-ring (bicyclic) bond motifs is 1.